The van der Waals surface area contributed by atoms with Gasteiger partial charge >= 0.3 is 0 Å². The van der Waals surface area contributed by atoms with Crippen LogP contribution in [0.15, 0.2) is 151 Å². The van der Waals surface area contributed by atoms with Gasteiger partial charge in [-0.1, -0.05) is 115 Å². The van der Waals surface area contributed by atoms with Crippen molar-refractivity contribution in [1.29, 1.82) is 0 Å². The third-order valence-corrected chi connectivity index (χ3v) is 8.31. The number of hydrogen-bond donors (Lipinski definition) is 0. The summed E-state index contributed by atoms with van der Waals surface area (Å²) in [5.74, 6) is 0.451. The number of para-hydroxylation sites is 1. The average molecular weight is 498 g/mol. The summed E-state index contributed by atoms with van der Waals surface area (Å²) in [6.45, 7) is 0. The normalized spacial score (nSPS) is 16.5. The monoisotopic (exact) mass is 497 g/mol. The molecule has 0 saturated carbocycles. The fourth-order valence-electron chi connectivity index (χ4n) is 6.33. The maximum absolute atomic E-state index is 2.46. The summed E-state index contributed by atoms with van der Waals surface area (Å²) in [5.41, 5.74) is 10.2. The second-order valence-electron chi connectivity index (χ2n) is 10.6. The van der Waals surface area contributed by atoms with E-state index in [1.54, 1.807) is 0 Å². The molecule has 1 aromatic heterocycles. The van der Waals surface area contributed by atoms with Crippen LogP contribution in [0, 0.1) is 5.92 Å². The highest BCUT2D eigenvalue weighted by Crippen LogP contribution is 2.40. The zero-order valence-electron chi connectivity index (χ0n) is 21.6. The van der Waals surface area contributed by atoms with Gasteiger partial charge in [0.2, 0.25) is 0 Å². The molecule has 184 valence electrons. The molecule has 0 saturated heterocycles. The molecule has 39 heavy (non-hydrogen) atoms. The van der Waals surface area contributed by atoms with Crippen molar-refractivity contribution in [1.82, 2.24) is 4.57 Å². The van der Waals surface area contributed by atoms with Gasteiger partial charge in [-0.15, -0.1) is 0 Å². The number of fused-ring (bicyclic) bond motifs is 5. The highest BCUT2D eigenvalue weighted by Gasteiger charge is 2.21. The number of rotatable bonds is 3. The van der Waals surface area contributed by atoms with Crippen molar-refractivity contribution in [3.8, 4) is 22.3 Å². The van der Waals surface area contributed by atoms with E-state index in [-0.39, 0.29) is 0 Å². The molecule has 1 atom stereocenters. The van der Waals surface area contributed by atoms with E-state index in [9.17, 15) is 0 Å². The molecule has 1 unspecified atom stereocenters. The zero-order chi connectivity index (χ0) is 25.8. The van der Waals surface area contributed by atoms with Gasteiger partial charge in [0.25, 0.3) is 0 Å². The Morgan fingerprint density at radius 1 is 0.538 bits per heavy atom. The van der Waals surface area contributed by atoms with Gasteiger partial charge < -0.3 is 4.57 Å². The van der Waals surface area contributed by atoms with Gasteiger partial charge in [0.15, 0.2) is 0 Å². The van der Waals surface area contributed by atoms with Crippen LogP contribution in [0.4, 0.5) is 0 Å². The van der Waals surface area contributed by atoms with E-state index in [0.717, 1.165) is 6.42 Å². The lowest BCUT2D eigenvalue weighted by Gasteiger charge is -2.24. The molecule has 2 aliphatic carbocycles. The predicted octanol–water partition coefficient (Wildman–Crippen LogP) is 10.2. The van der Waals surface area contributed by atoms with Gasteiger partial charge in [0.05, 0.1) is 11.0 Å². The maximum Gasteiger partial charge on any atom is 0.0541 e. The van der Waals surface area contributed by atoms with Gasteiger partial charge in [0.1, 0.15) is 0 Å². The minimum atomic E-state index is 0.451. The summed E-state index contributed by atoms with van der Waals surface area (Å²) in [6, 6.07) is 40.0. The van der Waals surface area contributed by atoms with Gasteiger partial charge in [-0.3, -0.25) is 0 Å². The van der Waals surface area contributed by atoms with Crippen LogP contribution in [0.3, 0.4) is 0 Å². The predicted molar refractivity (Wildman–Crippen MR) is 167 cm³/mol. The molecule has 0 radical (unpaired) electrons. The Morgan fingerprint density at radius 3 is 2.10 bits per heavy atom. The van der Waals surface area contributed by atoms with Crippen LogP contribution in [-0.2, 0) is 0 Å². The Bertz CT molecular complexity index is 2030. The number of allylic oxidation sites excluding steroid dienone is 8. The quantitative estimate of drug-likeness (QED) is 0.229. The first kappa shape index (κ1) is 22.1. The molecule has 0 aliphatic heterocycles. The standard InChI is InChI=1S/C38H27N/c1-2-10-30-24-31(21-20-26(30)8-1)27-16-18-28(19-17-27)32-22-23-38-35(25-32)34-13-5-6-14-37(34)39(38)36-15-7-11-29-9-3-4-12-33(29)36/h1-10,12-25,29H,11H2. The molecular formula is C38H27N. The second kappa shape index (κ2) is 8.85. The van der Waals surface area contributed by atoms with E-state index in [1.165, 1.54) is 66.1 Å². The average Bonchev–Trinajstić information content (AvgIpc) is 3.34. The fourth-order valence-corrected chi connectivity index (χ4v) is 6.33. The lowest BCUT2D eigenvalue weighted by atomic mass is 9.86. The van der Waals surface area contributed by atoms with Crippen molar-refractivity contribution in [3.05, 3.63) is 151 Å². The number of nitrogens with zero attached hydrogens (tertiary/aromatic N) is 1. The molecule has 0 amide bonds. The highest BCUT2D eigenvalue weighted by molar-refractivity contribution is 6.11. The Kier molecular flexibility index (Phi) is 5.03. The number of hydrogen-bond acceptors (Lipinski definition) is 0. The van der Waals surface area contributed by atoms with Crippen LogP contribution in [0.2, 0.25) is 0 Å². The van der Waals surface area contributed by atoms with E-state index >= 15 is 0 Å². The van der Waals surface area contributed by atoms with E-state index < -0.39 is 0 Å². The molecule has 0 bridgehead atoms. The SMILES string of the molecule is C1=CC2=C(n3c4ccccc4c4cc(-c5ccc(-c6ccc7ccccc7c6)cc5)ccc43)C=CCC2C=C1. The van der Waals surface area contributed by atoms with Crippen LogP contribution >= 0.6 is 0 Å². The smallest absolute Gasteiger partial charge is 0.0541 e. The highest BCUT2D eigenvalue weighted by atomic mass is 15.0. The minimum Gasteiger partial charge on any atom is -0.309 e. The molecule has 8 rings (SSSR count). The molecule has 1 heteroatoms. The van der Waals surface area contributed by atoms with Crippen molar-refractivity contribution < 1.29 is 0 Å². The molecule has 0 spiro atoms. The lowest BCUT2D eigenvalue weighted by molar-refractivity contribution is 0.776. The first-order valence-electron chi connectivity index (χ1n) is 13.7. The van der Waals surface area contributed by atoms with Crippen molar-refractivity contribution >= 4 is 38.3 Å². The van der Waals surface area contributed by atoms with Crippen molar-refractivity contribution in [2.45, 2.75) is 6.42 Å². The molecule has 6 aromatic rings. The zero-order valence-corrected chi connectivity index (χ0v) is 21.6. The molecule has 5 aromatic carbocycles. The molecule has 1 heterocycles. The summed E-state index contributed by atoms with van der Waals surface area (Å²) in [6.07, 6.45) is 14.6. The largest absolute Gasteiger partial charge is 0.309 e. The van der Waals surface area contributed by atoms with E-state index in [0.29, 0.717) is 5.92 Å². The van der Waals surface area contributed by atoms with E-state index in [4.69, 9.17) is 0 Å². The third-order valence-electron chi connectivity index (χ3n) is 8.31. The molecule has 0 fully saturated rings. The third kappa shape index (κ3) is 3.62. The lowest BCUT2D eigenvalue weighted by Crippen LogP contribution is -2.10. The first-order valence-corrected chi connectivity index (χ1v) is 13.7. The molecule has 0 N–H and O–H groups in total. The maximum atomic E-state index is 2.46. The van der Waals surface area contributed by atoms with Crippen LogP contribution in [0.1, 0.15) is 6.42 Å². The second-order valence-corrected chi connectivity index (χ2v) is 10.6. The van der Waals surface area contributed by atoms with Gasteiger partial charge in [-0.2, -0.15) is 0 Å². The molecule has 2 aliphatic rings. The summed E-state index contributed by atoms with van der Waals surface area (Å²) < 4.78 is 2.46. The Balaban J connectivity index is 1.23. The van der Waals surface area contributed by atoms with Crippen molar-refractivity contribution in [3.63, 3.8) is 0 Å². The van der Waals surface area contributed by atoms with Crippen LogP contribution in [-0.4, -0.2) is 4.57 Å². The number of aromatic nitrogens is 1. The van der Waals surface area contributed by atoms with Crippen molar-refractivity contribution in [2.24, 2.45) is 5.92 Å². The van der Waals surface area contributed by atoms with Gasteiger partial charge in [-0.25, -0.2) is 0 Å². The topological polar surface area (TPSA) is 4.93 Å². The summed E-state index contributed by atoms with van der Waals surface area (Å²) in [7, 11) is 0. The Labute approximate surface area is 228 Å². The Hall–Kier alpha value is -4.88. The Morgan fingerprint density at radius 2 is 1.23 bits per heavy atom. The van der Waals surface area contributed by atoms with E-state index in [2.05, 4.69) is 150 Å². The summed E-state index contributed by atoms with van der Waals surface area (Å²) >= 11 is 0. The summed E-state index contributed by atoms with van der Waals surface area (Å²) in [5, 5.41) is 5.13. The summed E-state index contributed by atoms with van der Waals surface area (Å²) in [4.78, 5) is 0. The van der Waals surface area contributed by atoms with Crippen LogP contribution < -0.4 is 0 Å². The van der Waals surface area contributed by atoms with Crippen LogP contribution in [0.5, 0.6) is 0 Å². The first-order chi connectivity index (χ1) is 19.3. The fraction of sp³-hybridized carbons (Fsp3) is 0.0526. The van der Waals surface area contributed by atoms with E-state index in [1.807, 2.05) is 0 Å². The van der Waals surface area contributed by atoms with Crippen LogP contribution in [0.25, 0.3) is 60.5 Å². The van der Waals surface area contributed by atoms with Gasteiger partial charge in [0, 0.05) is 22.4 Å². The minimum absolute atomic E-state index is 0.451. The van der Waals surface area contributed by atoms with Gasteiger partial charge in [-0.05, 0) is 75.4 Å². The molecular weight excluding hydrogens is 470 g/mol. The van der Waals surface area contributed by atoms with Crippen molar-refractivity contribution in [2.75, 3.05) is 0 Å². The number of benzene rings is 5. The molecule has 1 nitrogen and oxygen atoms in total.